The van der Waals surface area contributed by atoms with Crippen LogP contribution in [0.5, 0.6) is 0 Å². The van der Waals surface area contributed by atoms with Gasteiger partial charge in [-0.25, -0.2) is 5.43 Å². The molecular formula is C13H11BrN2O2. The summed E-state index contributed by atoms with van der Waals surface area (Å²) in [6, 6.07) is 10.8. The number of carbonyl (C=O) groups excluding carboxylic acids is 1. The Bertz CT molecular complexity index is 573. The fourth-order valence-electron chi connectivity index (χ4n) is 1.32. The third kappa shape index (κ3) is 3.30. The first-order chi connectivity index (χ1) is 8.65. The third-order valence-corrected chi connectivity index (χ3v) is 2.69. The third-order valence-electron chi connectivity index (χ3n) is 2.27. The summed E-state index contributed by atoms with van der Waals surface area (Å²) >= 11 is 3.18. The van der Waals surface area contributed by atoms with Crippen molar-refractivity contribution in [2.45, 2.75) is 6.92 Å². The fraction of sp³-hybridized carbons (Fsp3) is 0.0769. The second-order valence-corrected chi connectivity index (χ2v) is 4.49. The van der Waals surface area contributed by atoms with Crippen molar-refractivity contribution in [3.63, 3.8) is 0 Å². The SMILES string of the molecule is Cc1ccc(C(=O)N/N=C/c2ccc(Br)o2)cc1. The number of hydrogen-bond acceptors (Lipinski definition) is 3. The van der Waals surface area contributed by atoms with Gasteiger partial charge in [0.05, 0.1) is 6.21 Å². The molecule has 4 nitrogen and oxygen atoms in total. The summed E-state index contributed by atoms with van der Waals surface area (Å²) in [5, 5.41) is 3.81. The van der Waals surface area contributed by atoms with Gasteiger partial charge in [-0.2, -0.15) is 5.10 Å². The predicted octanol–water partition coefficient (Wildman–Crippen LogP) is 3.11. The van der Waals surface area contributed by atoms with Gasteiger partial charge in [0.25, 0.3) is 5.91 Å². The van der Waals surface area contributed by atoms with Gasteiger partial charge in [0.15, 0.2) is 4.67 Å². The maximum atomic E-state index is 11.7. The van der Waals surface area contributed by atoms with Crippen molar-refractivity contribution in [3.05, 3.63) is 58.0 Å². The first-order valence-electron chi connectivity index (χ1n) is 5.30. The summed E-state index contributed by atoms with van der Waals surface area (Å²) in [4.78, 5) is 11.7. The zero-order valence-electron chi connectivity index (χ0n) is 9.68. The molecule has 0 spiro atoms. The van der Waals surface area contributed by atoms with E-state index in [0.717, 1.165) is 5.56 Å². The lowest BCUT2D eigenvalue weighted by atomic mass is 10.1. The quantitative estimate of drug-likeness (QED) is 0.699. The van der Waals surface area contributed by atoms with E-state index in [-0.39, 0.29) is 5.91 Å². The average molecular weight is 307 g/mol. The molecule has 0 saturated carbocycles. The molecule has 0 aliphatic heterocycles. The van der Waals surface area contributed by atoms with Crippen LogP contribution in [0.15, 0.2) is 50.6 Å². The van der Waals surface area contributed by atoms with Crippen molar-refractivity contribution < 1.29 is 9.21 Å². The van der Waals surface area contributed by atoms with E-state index < -0.39 is 0 Å². The Morgan fingerprint density at radius 2 is 2.00 bits per heavy atom. The zero-order chi connectivity index (χ0) is 13.0. The molecule has 0 unspecified atom stereocenters. The van der Waals surface area contributed by atoms with Gasteiger partial charge in [0.2, 0.25) is 0 Å². The Balaban J connectivity index is 1.96. The fourth-order valence-corrected chi connectivity index (χ4v) is 1.64. The van der Waals surface area contributed by atoms with Gasteiger partial charge in [-0.3, -0.25) is 4.79 Å². The number of halogens is 1. The molecule has 0 aliphatic carbocycles. The number of aryl methyl sites for hydroxylation is 1. The van der Waals surface area contributed by atoms with Crippen LogP contribution in [0.25, 0.3) is 0 Å². The molecule has 0 atom stereocenters. The van der Waals surface area contributed by atoms with Crippen molar-refractivity contribution in [3.8, 4) is 0 Å². The van der Waals surface area contributed by atoms with Gasteiger partial charge < -0.3 is 4.42 Å². The number of hydrazone groups is 1. The highest BCUT2D eigenvalue weighted by Gasteiger charge is 2.02. The van der Waals surface area contributed by atoms with Crippen molar-refractivity contribution in [1.82, 2.24) is 5.43 Å². The van der Waals surface area contributed by atoms with E-state index in [4.69, 9.17) is 4.42 Å². The zero-order valence-corrected chi connectivity index (χ0v) is 11.3. The molecule has 1 aromatic carbocycles. The van der Waals surface area contributed by atoms with E-state index in [1.165, 1.54) is 6.21 Å². The largest absolute Gasteiger partial charge is 0.448 e. The van der Waals surface area contributed by atoms with Crippen LogP contribution in [-0.4, -0.2) is 12.1 Å². The molecule has 1 N–H and O–H groups in total. The Labute approximate surface area is 113 Å². The molecule has 1 heterocycles. The standard InChI is InChI=1S/C13H11BrN2O2/c1-9-2-4-10(5-3-9)13(17)16-15-8-11-6-7-12(14)18-11/h2-8H,1H3,(H,16,17)/b15-8+. The monoisotopic (exact) mass is 306 g/mol. The summed E-state index contributed by atoms with van der Waals surface area (Å²) in [6.45, 7) is 1.97. The molecule has 2 aromatic rings. The van der Waals surface area contributed by atoms with E-state index in [2.05, 4.69) is 26.5 Å². The van der Waals surface area contributed by atoms with E-state index in [1.54, 1.807) is 24.3 Å². The maximum Gasteiger partial charge on any atom is 0.271 e. The summed E-state index contributed by atoms with van der Waals surface area (Å²) in [6.07, 6.45) is 1.44. The maximum absolute atomic E-state index is 11.7. The highest BCUT2D eigenvalue weighted by molar-refractivity contribution is 9.10. The van der Waals surface area contributed by atoms with Crippen LogP contribution in [0.4, 0.5) is 0 Å². The number of benzene rings is 1. The van der Waals surface area contributed by atoms with Crippen molar-refractivity contribution in [1.29, 1.82) is 0 Å². The number of nitrogens with zero attached hydrogens (tertiary/aromatic N) is 1. The minimum atomic E-state index is -0.253. The Morgan fingerprint density at radius 1 is 1.28 bits per heavy atom. The lowest BCUT2D eigenvalue weighted by Crippen LogP contribution is -2.17. The van der Waals surface area contributed by atoms with Crippen LogP contribution in [0.3, 0.4) is 0 Å². The number of nitrogens with one attached hydrogen (secondary N) is 1. The molecular weight excluding hydrogens is 296 g/mol. The molecule has 0 saturated heterocycles. The highest BCUT2D eigenvalue weighted by atomic mass is 79.9. The van der Waals surface area contributed by atoms with Gasteiger partial charge in [-0.05, 0) is 47.1 Å². The molecule has 2 rings (SSSR count). The van der Waals surface area contributed by atoms with Crippen molar-refractivity contribution >= 4 is 28.1 Å². The number of furan rings is 1. The number of rotatable bonds is 3. The molecule has 0 radical (unpaired) electrons. The minimum absolute atomic E-state index is 0.253. The molecule has 1 amide bonds. The predicted molar refractivity (Wildman–Crippen MR) is 72.6 cm³/mol. The Morgan fingerprint density at radius 3 is 2.61 bits per heavy atom. The van der Waals surface area contributed by atoms with Gasteiger partial charge in [0.1, 0.15) is 5.76 Å². The Hall–Kier alpha value is -1.88. The summed E-state index contributed by atoms with van der Waals surface area (Å²) in [7, 11) is 0. The second-order valence-electron chi connectivity index (χ2n) is 3.71. The first-order valence-corrected chi connectivity index (χ1v) is 6.10. The van der Waals surface area contributed by atoms with Gasteiger partial charge >= 0.3 is 0 Å². The first kappa shape index (κ1) is 12.6. The van der Waals surface area contributed by atoms with Crippen LogP contribution in [0, 0.1) is 6.92 Å². The molecule has 18 heavy (non-hydrogen) atoms. The van der Waals surface area contributed by atoms with Gasteiger partial charge in [-0.1, -0.05) is 17.7 Å². The van der Waals surface area contributed by atoms with Crippen LogP contribution < -0.4 is 5.43 Å². The lowest BCUT2D eigenvalue weighted by Gasteiger charge is -1.99. The summed E-state index contributed by atoms with van der Waals surface area (Å²) in [5.74, 6) is 0.308. The smallest absolute Gasteiger partial charge is 0.271 e. The van der Waals surface area contributed by atoms with E-state index in [1.807, 2.05) is 19.1 Å². The number of amides is 1. The van der Waals surface area contributed by atoms with Crippen LogP contribution >= 0.6 is 15.9 Å². The summed E-state index contributed by atoms with van der Waals surface area (Å²) in [5.41, 5.74) is 4.11. The molecule has 0 bridgehead atoms. The second kappa shape index (κ2) is 5.64. The number of hydrogen-bond donors (Lipinski definition) is 1. The average Bonchev–Trinajstić information content (AvgIpc) is 2.76. The van der Waals surface area contributed by atoms with Crippen molar-refractivity contribution in [2.24, 2.45) is 5.10 Å². The normalized spacial score (nSPS) is 10.8. The van der Waals surface area contributed by atoms with Crippen LogP contribution in [-0.2, 0) is 0 Å². The highest BCUT2D eigenvalue weighted by Crippen LogP contribution is 2.12. The lowest BCUT2D eigenvalue weighted by molar-refractivity contribution is 0.0955. The number of carbonyl (C=O) groups is 1. The molecule has 1 aromatic heterocycles. The van der Waals surface area contributed by atoms with E-state index in [9.17, 15) is 4.79 Å². The summed E-state index contributed by atoms with van der Waals surface area (Å²) < 4.78 is 5.82. The molecule has 0 aliphatic rings. The van der Waals surface area contributed by atoms with Crippen molar-refractivity contribution in [2.75, 3.05) is 0 Å². The Kier molecular flexibility index (Phi) is 3.94. The molecule has 0 fully saturated rings. The molecule has 5 heteroatoms. The minimum Gasteiger partial charge on any atom is -0.448 e. The van der Waals surface area contributed by atoms with E-state index in [0.29, 0.717) is 16.0 Å². The topological polar surface area (TPSA) is 54.6 Å². The van der Waals surface area contributed by atoms with E-state index >= 15 is 0 Å². The van der Waals surface area contributed by atoms with Gasteiger partial charge in [-0.15, -0.1) is 0 Å². The molecule has 92 valence electrons. The van der Waals surface area contributed by atoms with Crippen LogP contribution in [0.1, 0.15) is 21.7 Å². The van der Waals surface area contributed by atoms with Gasteiger partial charge in [0, 0.05) is 5.56 Å². The van der Waals surface area contributed by atoms with Crippen LogP contribution in [0.2, 0.25) is 0 Å².